The van der Waals surface area contributed by atoms with Gasteiger partial charge >= 0.3 is 0 Å². The van der Waals surface area contributed by atoms with Crippen LogP contribution in [0.5, 0.6) is 0 Å². The summed E-state index contributed by atoms with van der Waals surface area (Å²) in [5.41, 5.74) is 6.99. The molecule has 0 aromatic heterocycles. The second kappa shape index (κ2) is 5.63. The van der Waals surface area contributed by atoms with Crippen LogP contribution in [0, 0.1) is 5.92 Å². The summed E-state index contributed by atoms with van der Waals surface area (Å²) in [7, 11) is 0. The first-order chi connectivity index (χ1) is 8.16. The summed E-state index contributed by atoms with van der Waals surface area (Å²) in [6.07, 6.45) is 0.639. The van der Waals surface area contributed by atoms with E-state index in [9.17, 15) is 5.11 Å². The van der Waals surface area contributed by atoms with Crippen molar-refractivity contribution in [2.24, 2.45) is 11.7 Å². The van der Waals surface area contributed by atoms with Crippen LogP contribution < -0.4 is 5.73 Å². The van der Waals surface area contributed by atoms with E-state index in [-0.39, 0.29) is 0 Å². The third-order valence-corrected chi connectivity index (χ3v) is 3.67. The number of benzene rings is 1. The molecule has 0 amide bonds. The monoisotopic (exact) mass is 234 g/mol. The van der Waals surface area contributed by atoms with Crippen LogP contribution in [-0.2, 0) is 0 Å². The molecule has 0 spiro atoms. The standard InChI is InChI=1S/C14H22N2O/c1-11-9-16(8-7-13(11)15)10-14(17)12-5-3-2-4-6-12/h2-6,11,13-14,17H,7-10,15H2,1H3. The average Bonchev–Trinajstić information content (AvgIpc) is 2.35. The third-order valence-electron chi connectivity index (χ3n) is 3.67. The lowest BCUT2D eigenvalue weighted by Crippen LogP contribution is -2.46. The lowest BCUT2D eigenvalue weighted by molar-refractivity contribution is 0.0812. The van der Waals surface area contributed by atoms with Crippen molar-refractivity contribution < 1.29 is 5.11 Å². The molecule has 0 radical (unpaired) electrons. The third kappa shape index (κ3) is 3.28. The van der Waals surface area contributed by atoms with E-state index in [4.69, 9.17) is 5.73 Å². The Hall–Kier alpha value is -0.900. The first kappa shape index (κ1) is 12.6. The van der Waals surface area contributed by atoms with E-state index in [1.54, 1.807) is 0 Å². The minimum absolute atomic E-state index is 0.320. The molecule has 3 heteroatoms. The molecule has 17 heavy (non-hydrogen) atoms. The van der Waals surface area contributed by atoms with Gasteiger partial charge in [-0.3, -0.25) is 0 Å². The molecule has 3 nitrogen and oxygen atoms in total. The van der Waals surface area contributed by atoms with Crippen molar-refractivity contribution in [1.29, 1.82) is 0 Å². The molecule has 1 fully saturated rings. The minimum Gasteiger partial charge on any atom is -0.387 e. The van der Waals surface area contributed by atoms with Crippen LogP contribution in [0.4, 0.5) is 0 Å². The van der Waals surface area contributed by atoms with Gasteiger partial charge in [-0.05, 0) is 24.4 Å². The van der Waals surface area contributed by atoms with Gasteiger partial charge in [-0.1, -0.05) is 37.3 Å². The molecule has 1 heterocycles. The summed E-state index contributed by atoms with van der Waals surface area (Å²) >= 11 is 0. The van der Waals surface area contributed by atoms with Crippen LogP contribution in [-0.4, -0.2) is 35.7 Å². The van der Waals surface area contributed by atoms with Crippen molar-refractivity contribution in [3.05, 3.63) is 35.9 Å². The molecule has 0 saturated carbocycles. The Morgan fingerprint density at radius 1 is 1.41 bits per heavy atom. The Morgan fingerprint density at radius 3 is 2.76 bits per heavy atom. The van der Waals surface area contributed by atoms with Gasteiger partial charge in [-0.2, -0.15) is 0 Å². The maximum atomic E-state index is 10.2. The van der Waals surface area contributed by atoms with Gasteiger partial charge < -0.3 is 15.7 Å². The molecule has 0 aliphatic carbocycles. The lowest BCUT2D eigenvalue weighted by Gasteiger charge is -2.36. The number of aliphatic hydroxyl groups is 1. The van der Waals surface area contributed by atoms with E-state index in [0.29, 0.717) is 18.5 Å². The molecule has 0 bridgehead atoms. The number of β-amino-alcohol motifs (C(OH)–C–C–N with tert-alkyl or cyclic N) is 1. The molecule has 1 saturated heterocycles. The highest BCUT2D eigenvalue weighted by atomic mass is 16.3. The fraction of sp³-hybridized carbons (Fsp3) is 0.571. The van der Waals surface area contributed by atoms with Crippen molar-refractivity contribution in [2.45, 2.75) is 25.5 Å². The summed E-state index contributed by atoms with van der Waals surface area (Å²) in [6, 6.07) is 10.2. The number of hydrogen-bond donors (Lipinski definition) is 2. The van der Waals surface area contributed by atoms with Crippen LogP contribution in [0.25, 0.3) is 0 Å². The van der Waals surface area contributed by atoms with Crippen molar-refractivity contribution in [3.8, 4) is 0 Å². The van der Waals surface area contributed by atoms with Crippen molar-refractivity contribution in [2.75, 3.05) is 19.6 Å². The Balaban J connectivity index is 1.89. The second-order valence-electron chi connectivity index (χ2n) is 5.12. The molecule has 2 rings (SSSR count). The SMILES string of the molecule is CC1CN(CC(O)c2ccccc2)CCC1N. The van der Waals surface area contributed by atoms with E-state index >= 15 is 0 Å². The largest absolute Gasteiger partial charge is 0.387 e. The van der Waals surface area contributed by atoms with Gasteiger partial charge in [-0.25, -0.2) is 0 Å². The van der Waals surface area contributed by atoms with Crippen LogP contribution >= 0.6 is 0 Å². The van der Waals surface area contributed by atoms with E-state index < -0.39 is 6.10 Å². The van der Waals surface area contributed by atoms with Crippen molar-refractivity contribution in [1.82, 2.24) is 4.90 Å². The zero-order valence-electron chi connectivity index (χ0n) is 10.4. The van der Waals surface area contributed by atoms with Gasteiger partial charge in [0.2, 0.25) is 0 Å². The van der Waals surface area contributed by atoms with Gasteiger partial charge in [0.25, 0.3) is 0 Å². The number of likely N-dealkylation sites (tertiary alicyclic amines) is 1. The van der Waals surface area contributed by atoms with Crippen LogP contribution in [0.1, 0.15) is 25.0 Å². The summed E-state index contributed by atoms with van der Waals surface area (Å²) in [5.74, 6) is 0.520. The number of nitrogens with two attached hydrogens (primary N) is 1. The van der Waals surface area contributed by atoms with Gasteiger partial charge in [0, 0.05) is 19.1 Å². The number of rotatable bonds is 3. The maximum Gasteiger partial charge on any atom is 0.0916 e. The Labute approximate surface area is 103 Å². The normalized spacial score (nSPS) is 27.9. The predicted molar refractivity (Wildman–Crippen MR) is 69.6 cm³/mol. The fourth-order valence-corrected chi connectivity index (χ4v) is 2.44. The molecule has 3 unspecified atom stereocenters. The average molecular weight is 234 g/mol. The number of aliphatic hydroxyl groups excluding tert-OH is 1. The van der Waals surface area contributed by atoms with Gasteiger partial charge in [-0.15, -0.1) is 0 Å². The Bertz CT molecular complexity index is 341. The minimum atomic E-state index is -0.391. The van der Waals surface area contributed by atoms with E-state index in [1.807, 2.05) is 30.3 Å². The lowest BCUT2D eigenvalue weighted by atomic mass is 9.94. The van der Waals surface area contributed by atoms with E-state index in [2.05, 4.69) is 11.8 Å². The second-order valence-corrected chi connectivity index (χ2v) is 5.12. The molecule has 3 N–H and O–H groups in total. The van der Waals surface area contributed by atoms with Crippen LogP contribution in [0.15, 0.2) is 30.3 Å². The fourth-order valence-electron chi connectivity index (χ4n) is 2.44. The molecule has 94 valence electrons. The molecule has 1 aromatic rings. The van der Waals surface area contributed by atoms with Crippen LogP contribution in [0.2, 0.25) is 0 Å². The molecular weight excluding hydrogens is 212 g/mol. The summed E-state index contributed by atoms with van der Waals surface area (Å²) < 4.78 is 0. The summed E-state index contributed by atoms with van der Waals surface area (Å²) in [5, 5.41) is 10.2. The van der Waals surface area contributed by atoms with E-state index in [1.165, 1.54) is 0 Å². The number of nitrogens with zero attached hydrogens (tertiary/aromatic N) is 1. The van der Waals surface area contributed by atoms with E-state index in [0.717, 1.165) is 25.1 Å². The number of hydrogen-bond acceptors (Lipinski definition) is 3. The van der Waals surface area contributed by atoms with Crippen molar-refractivity contribution in [3.63, 3.8) is 0 Å². The zero-order chi connectivity index (χ0) is 12.3. The zero-order valence-corrected chi connectivity index (χ0v) is 10.4. The Kier molecular flexibility index (Phi) is 4.15. The highest BCUT2D eigenvalue weighted by molar-refractivity contribution is 5.17. The van der Waals surface area contributed by atoms with Crippen LogP contribution in [0.3, 0.4) is 0 Å². The highest BCUT2D eigenvalue weighted by Gasteiger charge is 2.24. The molecule has 1 aliphatic rings. The van der Waals surface area contributed by atoms with Crippen molar-refractivity contribution >= 4 is 0 Å². The van der Waals surface area contributed by atoms with Gasteiger partial charge in [0.1, 0.15) is 0 Å². The molecule has 1 aromatic carbocycles. The molecule has 1 aliphatic heterocycles. The van der Waals surface area contributed by atoms with Gasteiger partial charge in [0.05, 0.1) is 6.10 Å². The molecule has 3 atom stereocenters. The highest BCUT2D eigenvalue weighted by Crippen LogP contribution is 2.19. The molecular formula is C14H22N2O. The topological polar surface area (TPSA) is 49.5 Å². The predicted octanol–water partition coefficient (Wildman–Crippen LogP) is 1.39. The first-order valence-electron chi connectivity index (χ1n) is 6.38. The first-order valence-corrected chi connectivity index (χ1v) is 6.38. The summed E-state index contributed by atoms with van der Waals surface area (Å²) in [6.45, 7) is 4.88. The maximum absolute atomic E-state index is 10.2. The smallest absolute Gasteiger partial charge is 0.0916 e. The quantitative estimate of drug-likeness (QED) is 0.831. The Morgan fingerprint density at radius 2 is 2.12 bits per heavy atom. The van der Waals surface area contributed by atoms with Gasteiger partial charge in [0.15, 0.2) is 0 Å². The summed E-state index contributed by atoms with van der Waals surface area (Å²) in [4.78, 5) is 2.31. The number of piperidine rings is 1.